The van der Waals surface area contributed by atoms with Gasteiger partial charge < -0.3 is 4.81 Å². The number of fused-ring (bicyclic) bond motifs is 5. The predicted octanol–water partition coefficient (Wildman–Crippen LogP) is 4.53. The Bertz CT molecular complexity index is 988. The Morgan fingerprint density at radius 2 is 1.64 bits per heavy atom. The number of rotatable bonds is 3. The van der Waals surface area contributed by atoms with E-state index in [9.17, 15) is 0 Å². The van der Waals surface area contributed by atoms with Gasteiger partial charge in [-0.3, -0.25) is 4.59 Å². The van der Waals surface area contributed by atoms with Gasteiger partial charge in [0.1, 0.15) is 5.69 Å². The van der Waals surface area contributed by atoms with Gasteiger partial charge in [0, 0.05) is 23.4 Å². The molecule has 2 aromatic carbocycles. The lowest BCUT2D eigenvalue weighted by atomic mass is 9.62. The highest BCUT2D eigenvalue weighted by Gasteiger charge is 2.29. The van der Waals surface area contributed by atoms with E-state index >= 15 is 0 Å². The van der Waals surface area contributed by atoms with Gasteiger partial charge in [-0.25, -0.2) is 0 Å². The number of aromatic nitrogens is 3. The molecule has 1 aliphatic heterocycles. The average molecular weight is 370 g/mol. The molecule has 0 amide bonds. The maximum atomic E-state index is 4.65. The Balaban J connectivity index is 1.99. The van der Waals surface area contributed by atoms with Crippen LogP contribution in [-0.4, -0.2) is 29.7 Å². The van der Waals surface area contributed by atoms with E-state index in [1.54, 1.807) is 0 Å². The topological polar surface area (TPSA) is 34.0 Å². The summed E-state index contributed by atoms with van der Waals surface area (Å²) in [5, 5.41) is 9.41. The van der Waals surface area contributed by atoms with Gasteiger partial charge in [0.05, 0.1) is 5.69 Å². The van der Waals surface area contributed by atoms with Crippen LogP contribution in [0, 0.1) is 0 Å². The molecule has 0 radical (unpaired) electrons. The third-order valence-electron chi connectivity index (χ3n) is 5.07. The van der Waals surface area contributed by atoms with E-state index in [1.165, 1.54) is 22.4 Å². The molecule has 4 rings (SSSR count). The zero-order valence-corrected chi connectivity index (χ0v) is 17.6. The second-order valence-electron chi connectivity index (χ2n) is 9.45. The number of hydrogen-bond donors (Lipinski definition) is 0. The van der Waals surface area contributed by atoms with Crippen molar-refractivity contribution in [1.29, 1.82) is 0 Å². The predicted molar refractivity (Wildman–Crippen MR) is 122 cm³/mol. The van der Waals surface area contributed by atoms with Gasteiger partial charge >= 0.3 is 0 Å². The highest BCUT2D eigenvalue weighted by atomic mass is 15.4. The molecule has 1 aromatic heterocycles. The van der Waals surface area contributed by atoms with Crippen molar-refractivity contribution in [3.63, 3.8) is 0 Å². The van der Waals surface area contributed by atoms with Crippen LogP contribution in [0.25, 0.3) is 22.5 Å². The molecule has 0 saturated heterocycles. The summed E-state index contributed by atoms with van der Waals surface area (Å²) >= 11 is 0. The number of para-hydroxylation sites is 1. The molecule has 0 N–H and O–H groups in total. The molecule has 0 bridgehead atoms. The van der Waals surface area contributed by atoms with Crippen molar-refractivity contribution < 1.29 is 0 Å². The van der Waals surface area contributed by atoms with Crippen LogP contribution >= 0.6 is 0 Å². The number of anilines is 1. The lowest BCUT2D eigenvalue weighted by molar-refractivity contribution is 0.741. The van der Waals surface area contributed by atoms with Crippen LogP contribution in [0.1, 0.15) is 40.2 Å². The molecule has 0 aliphatic carbocycles. The Labute approximate surface area is 169 Å². The smallest absolute Gasteiger partial charge is 0.272 e. The molecule has 28 heavy (non-hydrogen) atoms. The number of benzene rings is 2. The first-order valence-corrected chi connectivity index (χ1v) is 10.2. The van der Waals surface area contributed by atoms with Crippen molar-refractivity contribution in [3.8, 4) is 22.5 Å². The summed E-state index contributed by atoms with van der Waals surface area (Å²) in [6.45, 7) is 12.2. The maximum absolute atomic E-state index is 4.65. The Morgan fingerprint density at radius 1 is 0.964 bits per heavy atom. The first-order valence-electron chi connectivity index (χ1n) is 10.2. The first kappa shape index (κ1) is 18.9. The van der Waals surface area contributed by atoms with Gasteiger partial charge in [0.15, 0.2) is 0 Å². The zero-order valence-electron chi connectivity index (χ0n) is 17.6. The fraction of sp³-hybridized carbons (Fsp3) is 0.364. The zero-order chi connectivity index (χ0) is 19.9. The molecule has 4 nitrogen and oxygen atoms in total. The summed E-state index contributed by atoms with van der Waals surface area (Å²) in [6, 6.07) is 17.4. The van der Waals surface area contributed by atoms with Gasteiger partial charge in [-0.1, -0.05) is 82.3 Å². The van der Waals surface area contributed by atoms with E-state index in [0.717, 1.165) is 32.8 Å². The number of nitrogens with zero attached hydrogens (tertiary/aromatic N) is 4. The minimum atomic E-state index is 0.195. The van der Waals surface area contributed by atoms with Crippen LogP contribution in [0.3, 0.4) is 0 Å². The molecule has 6 heteroatoms. The second kappa shape index (κ2) is 7.16. The molecule has 0 atom stereocenters. The second-order valence-corrected chi connectivity index (χ2v) is 9.45. The van der Waals surface area contributed by atoms with E-state index in [0.29, 0.717) is 5.82 Å². The average Bonchev–Trinajstić information content (AvgIpc) is 3.01. The largest absolute Gasteiger partial charge is 0.413 e. The van der Waals surface area contributed by atoms with Gasteiger partial charge in [-0.2, -0.15) is 0 Å². The van der Waals surface area contributed by atoms with Gasteiger partial charge in [-0.05, 0) is 22.8 Å². The van der Waals surface area contributed by atoms with Gasteiger partial charge in [0.2, 0.25) is 7.41 Å². The SMILES string of the molecule is CC(C)Bn1nnc2c1-c1ccccc1N(BC(C)(C)C)Cc1ccccc1-2. The van der Waals surface area contributed by atoms with Crippen LogP contribution in [-0.2, 0) is 6.54 Å². The minimum Gasteiger partial charge on any atom is -0.413 e. The summed E-state index contributed by atoms with van der Waals surface area (Å²) in [6.07, 6.45) is 0. The van der Waals surface area contributed by atoms with E-state index in [-0.39, 0.29) is 5.31 Å². The maximum Gasteiger partial charge on any atom is 0.272 e. The molecule has 0 saturated carbocycles. The fourth-order valence-electron chi connectivity index (χ4n) is 4.08. The summed E-state index contributed by atoms with van der Waals surface area (Å²) in [4.78, 5) is 2.52. The van der Waals surface area contributed by atoms with Crippen molar-refractivity contribution in [1.82, 2.24) is 14.9 Å². The van der Waals surface area contributed by atoms with E-state index in [4.69, 9.17) is 0 Å². The molecule has 0 spiro atoms. The quantitative estimate of drug-likeness (QED) is 0.636. The highest BCUT2D eigenvalue weighted by molar-refractivity contribution is 6.45. The molecular formula is C22H28B2N4. The first-order chi connectivity index (χ1) is 13.3. The van der Waals surface area contributed by atoms with Crippen LogP contribution in [0.2, 0.25) is 11.1 Å². The van der Waals surface area contributed by atoms with Crippen molar-refractivity contribution in [3.05, 3.63) is 54.1 Å². The molecule has 1 aliphatic rings. The van der Waals surface area contributed by atoms with Crippen molar-refractivity contribution in [2.45, 2.75) is 52.3 Å². The normalized spacial score (nSPS) is 13.3. The molecule has 3 aromatic rings. The molecule has 2 heterocycles. The summed E-state index contributed by atoms with van der Waals surface area (Å²) < 4.78 is 2.09. The Kier molecular flexibility index (Phi) is 4.82. The van der Waals surface area contributed by atoms with Crippen molar-refractivity contribution >= 4 is 20.5 Å². The number of hydrogen-bond acceptors (Lipinski definition) is 3. The van der Waals surface area contributed by atoms with Crippen molar-refractivity contribution in [2.24, 2.45) is 0 Å². The van der Waals surface area contributed by atoms with Crippen LogP contribution in [0.5, 0.6) is 0 Å². The standard InChI is InChI=1S/C22H28B2N4/c1-15(2)23-28-21-18-12-8-9-13-19(18)27(24-22(3,4)5)14-16-10-6-7-11-17(16)20(21)25-26-28/h6-13,15,23-24H,14H2,1-5H3. The van der Waals surface area contributed by atoms with E-state index in [2.05, 4.69) is 103 Å². The van der Waals surface area contributed by atoms with E-state index in [1.807, 2.05) is 0 Å². The monoisotopic (exact) mass is 370 g/mol. The van der Waals surface area contributed by atoms with Gasteiger partial charge in [-0.15, -0.1) is 5.10 Å². The van der Waals surface area contributed by atoms with Gasteiger partial charge in [0.25, 0.3) is 7.41 Å². The highest BCUT2D eigenvalue weighted by Crippen LogP contribution is 2.41. The van der Waals surface area contributed by atoms with Crippen LogP contribution in [0.15, 0.2) is 48.5 Å². The lowest BCUT2D eigenvalue weighted by Gasteiger charge is -2.34. The summed E-state index contributed by atoms with van der Waals surface area (Å²) in [7, 11) is 1.84. The molecule has 0 fully saturated rings. The van der Waals surface area contributed by atoms with E-state index < -0.39 is 0 Å². The third-order valence-corrected chi connectivity index (χ3v) is 5.07. The Morgan fingerprint density at radius 3 is 2.36 bits per heavy atom. The Hall–Kier alpha value is -2.49. The van der Waals surface area contributed by atoms with Crippen LogP contribution < -0.4 is 4.81 Å². The van der Waals surface area contributed by atoms with Crippen molar-refractivity contribution in [2.75, 3.05) is 4.81 Å². The molecule has 142 valence electrons. The molecular weight excluding hydrogens is 342 g/mol. The third kappa shape index (κ3) is 3.60. The molecule has 0 unspecified atom stereocenters. The minimum absolute atomic E-state index is 0.195. The summed E-state index contributed by atoms with van der Waals surface area (Å²) in [5.74, 6) is 0.504. The summed E-state index contributed by atoms with van der Waals surface area (Å²) in [5.41, 5.74) is 7.12. The lowest BCUT2D eigenvalue weighted by Crippen LogP contribution is -2.34. The van der Waals surface area contributed by atoms with Crippen LogP contribution in [0.4, 0.5) is 5.69 Å². The fourth-order valence-corrected chi connectivity index (χ4v) is 4.08.